The Bertz CT molecular complexity index is 419. The Morgan fingerprint density at radius 1 is 1.30 bits per heavy atom. The highest BCUT2D eigenvalue weighted by Crippen LogP contribution is 2.28. The van der Waals surface area contributed by atoms with Gasteiger partial charge in [0.15, 0.2) is 11.6 Å². The Hall–Kier alpha value is -1.13. The highest BCUT2D eigenvalue weighted by Gasteiger charge is 2.15. The molecule has 0 spiro atoms. The van der Waals surface area contributed by atoms with Gasteiger partial charge >= 0.3 is 0 Å². The number of halogens is 1. The summed E-state index contributed by atoms with van der Waals surface area (Å²) in [6.45, 7) is 5.71. The van der Waals surface area contributed by atoms with Crippen LogP contribution in [0.4, 0.5) is 4.39 Å². The van der Waals surface area contributed by atoms with Gasteiger partial charge < -0.3 is 10.1 Å². The molecule has 1 N–H and O–H groups in total. The molecule has 1 unspecified atom stereocenters. The number of benzene rings is 1. The molecule has 1 aromatic rings. The van der Waals surface area contributed by atoms with E-state index in [-0.39, 0.29) is 11.9 Å². The molecule has 3 nitrogen and oxygen atoms in total. The molecule has 0 saturated carbocycles. The molecule has 1 heterocycles. The maximum atomic E-state index is 13.9. The lowest BCUT2D eigenvalue weighted by atomic mass is 10.1. The molecule has 0 bridgehead atoms. The van der Waals surface area contributed by atoms with Crippen molar-refractivity contribution in [3.05, 3.63) is 29.6 Å². The minimum absolute atomic E-state index is 0.0793. The Morgan fingerprint density at radius 3 is 2.75 bits per heavy atom. The number of hydrogen-bond acceptors (Lipinski definition) is 3. The van der Waals surface area contributed by atoms with Crippen LogP contribution in [0.1, 0.15) is 37.8 Å². The van der Waals surface area contributed by atoms with Crippen LogP contribution in [0.25, 0.3) is 0 Å². The van der Waals surface area contributed by atoms with Crippen LogP contribution in [0.5, 0.6) is 5.75 Å². The van der Waals surface area contributed by atoms with E-state index in [9.17, 15) is 4.39 Å². The van der Waals surface area contributed by atoms with Crippen molar-refractivity contribution in [2.45, 2.75) is 32.2 Å². The van der Waals surface area contributed by atoms with E-state index in [0.29, 0.717) is 12.4 Å². The maximum absolute atomic E-state index is 13.9. The van der Waals surface area contributed by atoms with Gasteiger partial charge in [-0.25, -0.2) is 4.39 Å². The second kappa shape index (κ2) is 7.60. The van der Waals surface area contributed by atoms with Gasteiger partial charge in [0.1, 0.15) is 6.61 Å². The molecule has 112 valence electrons. The van der Waals surface area contributed by atoms with Crippen molar-refractivity contribution in [2.24, 2.45) is 0 Å². The maximum Gasteiger partial charge on any atom is 0.165 e. The molecule has 0 amide bonds. The zero-order chi connectivity index (χ0) is 14.4. The Balaban J connectivity index is 1.94. The normalized spacial score (nSPS) is 17.9. The number of nitrogens with zero attached hydrogens (tertiary/aromatic N) is 1. The monoisotopic (exact) mass is 280 g/mol. The fourth-order valence-corrected chi connectivity index (χ4v) is 2.63. The van der Waals surface area contributed by atoms with E-state index in [4.69, 9.17) is 4.74 Å². The number of likely N-dealkylation sites (tertiary alicyclic amines) is 1. The molecule has 0 aromatic heterocycles. The highest BCUT2D eigenvalue weighted by atomic mass is 19.1. The molecule has 1 saturated heterocycles. The first kappa shape index (κ1) is 15.3. The fourth-order valence-electron chi connectivity index (χ4n) is 2.63. The van der Waals surface area contributed by atoms with E-state index in [0.717, 1.165) is 25.2 Å². The number of ether oxygens (including phenoxy) is 1. The van der Waals surface area contributed by atoms with Crippen LogP contribution in [-0.2, 0) is 0 Å². The molecule has 1 aromatic carbocycles. The lowest BCUT2D eigenvalue weighted by molar-refractivity contribution is 0.179. The highest BCUT2D eigenvalue weighted by molar-refractivity contribution is 5.37. The number of hydrogen-bond donors (Lipinski definition) is 1. The Labute approximate surface area is 121 Å². The number of para-hydroxylation sites is 1. The lowest BCUT2D eigenvalue weighted by Gasteiger charge is -2.26. The zero-order valence-corrected chi connectivity index (χ0v) is 12.5. The minimum atomic E-state index is -0.275. The third-order valence-corrected chi connectivity index (χ3v) is 4.00. The Morgan fingerprint density at radius 2 is 2.05 bits per heavy atom. The first-order valence-electron chi connectivity index (χ1n) is 7.53. The van der Waals surface area contributed by atoms with Crippen LogP contribution < -0.4 is 10.1 Å². The van der Waals surface area contributed by atoms with Crippen molar-refractivity contribution < 1.29 is 9.13 Å². The average molecular weight is 280 g/mol. The molecule has 1 aliphatic heterocycles. The summed E-state index contributed by atoms with van der Waals surface area (Å²) >= 11 is 0. The van der Waals surface area contributed by atoms with Crippen molar-refractivity contribution in [3.8, 4) is 5.75 Å². The Kier molecular flexibility index (Phi) is 5.80. The average Bonchev–Trinajstić information content (AvgIpc) is 2.49. The van der Waals surface area contributed by atoms with Crippen LogP contribution in [0, 0.1) is 5.82 Å². The molecule has 4 heteroatoms. The van der Waals surface area contributed by atoms with Crippen molar-refractivity contribution in [2.75, 3.05) is 33.3 Å². The zero-order valence-electron chi connectivity index (χ0n) is 12.5. The van der Waals surface area contributed by atoms with Crippen molar-refractivity contribution >= 4 is 0 Å². The smallest absolute Gasteiger partial charge is 0.165 e. The van der Waals surface area contributed by atoms with Gasteiger partial charge in [-0.15, -0.1) is 0 Å². The number of rotatable bonds is 6. The predicted octanol–water partition coefficient (Wildman–Crippen LogP) is 2.97. The van der Waals surface area contributed by atoms with E-state index in [1.165, 1.54) is 25.3 Å². The quantitative estimate of drug-likeness (QED) is 0.867. The van der Waals surface area contributed by atoms with Gasteiger partial charge in [-0.05, 0) is 46.0 Å². The lowest BCUT2D eigenvalue weighted by Crippen LogP contribution is -2.33. The van der Waals surface area contributed by atoms with E-state index < -0.39 is 0 Å². The van der Waals surface area contributed by atoms with E-state index in [1.807, 2.05) is 20.0 Å². The molecule has 0 radical (unpaired) electrons. The van der Waals surface area contributed by atoms with E-state index in [2.05, 4.69) is 10.2 Å². The summed E-state index contributed by atoms with van der Waals surface area (Å²) in [6, 6.07) is 5.19. The van der Waals surface area contributed by atoms with Gasteiger partial charge in [0.25, 0.3) is 0 Å². The van der Waals surface area contributed by atoms with Crippen LogP contribution >= 0.6 is 0 Å². The van der Waals surface area contributed by atoms with Gasteiger partial charge in [0, 0.05) is 18.2 Å². The molecule has 0 aliphatic carbocycles. The van der Waals surface area contributed by atoms with Crippen LogP contribution in [0.3, 0.4) is 0 Å². The topological polar surface area (TPSA) is 24.5 Å². The second-order valence-electron chi connectivity index (χ2n) is 5.42. The minimum Gasteiger partial charge on any atom is -0.489 e. The molecule has 1 atom stereocenters. The summed E-state index contributed by atoms with van der Waals surface area (Å²) in [5.41, 5.74) is 0.881. The summed E-state index contributed by atoms with van der Waals surface area (Å²) in [4.78, 5) is 2.39. The van der Waals surface area contributed by atoms with Crippen molar-refractivity contribution in [3.63, 3.8) is 0 Å². The van der Waals surface area contributed by atoms with Crippen molar-refractivity contribution in [1.29, 1.82) is 0 Å². The van der Waals surface area contributed by atoms with Crippen LogP contribution in [-0.4, -0.2) is 38.2 Å². The molecule has 1 aliphatic rings. The van der Waals surface area contributed by atoms with Crippen LogP contribution in [0.2, 0.25) is 0 Å². The summed E-state index contributed by atoms with van der Waals surface area (Å²) in [5, 5.41) is 3.13. The molecule has 2 rings (SSSR count). The van der Waals surface area contributed by atoms with Crippen LogP contribution in [0.15, 0.2) is 18.2 Å². The molecule has 1 fully saturated rings. The van der Waals surface area contributed by atoms with Gasteiger partial charge in [0.2, 0.25) is 0 Å². The number of nitrogens with one attached hydrogen (secondary N) is 1. The van der Waals surface area contributed by atoms with Gasteiger partial charge in [-0.1, -0.05) is 18.6 Å². The standard InChI is InChI=1S/C16H25FN2O/c1-13(18-2)14-7-6-8-15(17)16(14)20-12-11-19-9-4-3-5-10-19/h6-8,13,18H,3-5,9-12H2,1-2H3. The predicted molar refractivity (Wildman–Crippen MR) is 79.7 cm³/mol. The summed E-state index contributed by atoms with van der Waals surface area (Å²) in [5.74, 6) is 0.120. The first-order chi connectivity index (χ1) is 9.72. The third-order valence-electron chi connectivity index (χ3n) is 4.00. The van der Waals surface area contributed by atoms with Gasteiger partial charge in [0.05, 0.1) is 0 Å². The number of piperidine rings is 1. The summed E-state index contributed by atoms with van der Waals surface area (Å²) < 4.78 is 19.7. The van der Waals surface area contributed by atoms with E-state index in [1.54, 1.807) is 6.07 Å². The fraction of sp³-hybridized carbons (Fsp3) is 0.625. The largest absolute Gasteiger partial charge is 0.489 e. The third kappa shape index (κ3) is 3.93. The molecule has 20 heavy (non-hydrogen) atoms. The van der Waals surface area contributed by atoms with Gasteiger partial charge in [-0.3, -0.25) is 4.90 Å². The first-order valence-corrected chi connectivity index (χ1v) is 7.53. The van der Waals surface area contributed by atoms with E-state index >= 15 is 0 Å². The molecular weight excluding hydrogens is 255 g/mol. The molecular formula is C16H25FN2O. The SMILES string of the molecule is CNC(C)c1cccc(F)c1OCCN1CCCCC1. The van der Waals surface area contributed by atoms with Gasteiger partial charge in [-0.2, -0.15) is 0 Å². The second-order valence-corrected chi connectivity index (χ2v) is 5.42. The summed E-state index contributed by atoms with van der Waals surface area (Å²) in [7, 11) is 1.87. The van der Waals surface area contributed by atoms with Crippen molar-refractivity contribution in [1.82, 2.24) is 10.2 Å². The summed E-state index contributed by atoms with van der Waals surface area (Å²) in [6.07, 6.45) is 3.86.